The normalized spacial score (nSPS) is 10.7. The summed E-state index contributed by atoms with van der Waals surface area (Å²) in [6.45, 7) is 4.03. The summed E-state index contributed by atoms with van der Waals surface area (Å²) < 4.78 is 7.49. The zero-order valence-electron chi connectivity index (χ0n) is 11.4. The Hall–Kier alpha value is -1.68. The van der Waals surface area contributed by atoms with Crippen LogP contribution in [0.15, 0.2) is 18.2 Å². The second-order valence-corrected chi connectivity index (χ2v) is 4.96. The van der Waals surface area contributed by atoms with Gasteiger partial charge in [-0.3, -0.25) is 0 Å². The lowest BCUT2D eigenvalue weighted by Gasteiger charge is -2.08. The Bertz CT molecular complexity index is 593. The third-order valence-electron chi connectivity index (χ3n) is 2.94. The Morgan fingerprint density at radius 3 is 2.79 bits per heavy atom. The van der Waals surface area contributed by atoms with Crippen LogP contribution < -0.4 is 10.5 Å². The van der Waals surface area contributed by atoms with Crippen LogP contribution in [0.2, 0.25) is 5.02 Å². The fourth-order valence-corrected chi connectivity index (χ4v) is 2.03. The molecule has 0 saturated carbocycles. The number of nitrogen functional groups attached to an aromatic ring is 1. The molecule has 2 aromatic rings. The molecule has 0 aliphatic carbocycles. The van der Waals surface area contributed by atoms with E-state index in [1.807, 2.05) is 32.2 Å². The highest BCUT2D eigenvalue weighted by atomic mass is 35.5. The summed E-state index contributed by atoms with van der Waals surface area (Å²) in [7, 11) is 1.83. The monoisotopic (exact) mass is 279 g/mol. The van der Waals surface area contributed by atoms with Crippen molar-refractivity contribution < 1.29 is 4.74 Å². The summed E-state index contributed by atoms with van der Waals surface area (Å²) in [6, 6.07) is 5.52. The molecule has 2 rings (SSSR count). The maximum atomic E-state index is 6.07. The number of hydrogen-bond donors (Lipinski definition) is 1. The van der Waals surface area contributed by atoms with Crippen molar-refractivity contribution in [1.82, 2.24) is 9.78 Å². The van der Waals surface area contributed by atoms with Gasteiger partial charge >= 0.3 is 0 Å². The van der Waals surface area contributed by atoms with Crippen molar-refractivity contribution in [3.63, 3.8) is 0 Å². The largest absolute Gasteiger partial charge is 0.437 e. The topological polar surface area (TPSA) is 53.1 Å². The van der Waals surface area contributed by atoms with E-state index in [-0.39, 0.29) is 0 Å². The Morgan fingerprint density at radius 1 is 1.42 bits per heavy atom. The SMILES string of the molecule is CCCc1nn(C)c(Oc2ccc(Cl)c(C)c2)c1N. The predicted molar refractivity (Wildman–Crippen MR) is 77.9 cm³/mol. The molecule has 1 aromatic carbocycles. The summed E-state index contributed by atoms with van der Waals surface area (Å²) in [5.74, 6) is 1.28. The zero-order chi connectivity index (χ0) is 14.0. The number of hydrogen-bond acceptors (Lipinski definition) is 3. The number of ether oxygens (including phenoxy) is 1. The Labute approximate surface area is 118 Å². The number of aryl methyl sites for hydroxylation is 3. The van der Waals surface area contributed by atoms with Gasteiger partial charge in [-0.1, -0.05) is 24.9 Å². The molecule has 0 spiro atoms. The molecular weight excluding hydrogens is 262 g/mol. The third-order valence-corrected chi connectivity index (χ3v) is 3.36. The van der Waals surface area contributed by atoms with Gasteiger partial charge in [-0.25, -0.2) is 4.68 Å². The lowest BCUT2D eigenvalue weighted by atomic mass is 10.2. The highest BCUT2D eigenvalue weighted by Crippen LogP contribution is 2.31. The lowest BCUT2D eigenvalue weighted by Crippen LogP contribution is -1.97. The first-order valence-electron chi connectivity index (χ1n) is 6.28. The highest BCUT2D eigenvalue weighted by Gasteiger charge is 2.15. The van der Waals surface area contributed by atoms with E-state index < -0.39 is 0 Å². The van der Waals surface area contributed by atoms with Gasteiger partial charge in [0.05, 0.1) is 5.69 Å². The maximum absolute atomic E-state index is 6.07. The first-order valence-corrected chi connectivity index (χ1v) is 6.66. The van der Waals surface area contributed by atoms with Crippen LogP contribution in [0.3, 0.4) is 0 Å². The Balaban J connectivity index is 2.30. The van der Waals surface area contributed by atoms with Crippen molar-refractivity contribution in [1.29, 1.82) is 0 Å². The summed E-state index contributed by atoms with van der Waals surface area (Å²) in [4.78, 5) is 0. The average Bonchev–Trinajstić information content (AvgIpc) is 2.62. The number of rotatable bonds is 4. The smallest absolute Gasteiger partial charge is 0.241 e. The molecule has 0 aliphatic heterocycles. The Morgan fingerprint density at radius 2 is 2.16 bits per heavy atom. The van der Waals surface area contributed by atoms with E-state index in [2.05, 4.69) is 12.0 Å². The minimum Gasteiger partial charge on any atom is -0.437 e. The molecule has 5 heteroatoms. The quantitative estimate of drug-likeness (QED) is 0.928. The van der Waals surface area contributed by atoms with Crippen LogP contribution in [0, 0.1) is 6.92 Å². The van der Waals surface area contributed by atoms with Gasteiger partial charge in [0.1, 0.15) is 11.4 Å². The number of nitrogens with zero attached hydrogens (tertiary/aromatic N) is 2. The summed E-state index contributed by atoms with van der Waals surface area (Å²) in [5.41, 5.74) is 8.53. The van der Waals surface area contributed by atoms with Gasteiger partial charge in [-0.2, -0.15) is 5.10 Å². The fourth-order valence-electron chi connectivity index (χ4n) is 1.91. The molecule has 0 aliphatic rings. The van der Waals surface area contributed by atoms with E-state index in [9.17, 15) is 0 Å². The van der Waals surface area contributed by atoms with Gasteiger partial charge in [0.2, 0.25) is 5.88 Å². The lowest BCUT2D eigenvalue weighted by molar-refractivity contribution is 0.432. The van der Waals surface area contributed by atoms with Crippen LogP contribution in [0.25, 0.3) is 0 Å². The molecular formula is C14H18ClN3O. The van der Waals surface area contributed by atoms with E-state index in [1.54, 1.807) is 4.68 Å². The van der Waals surface area contributed by atoms with E-state index in [0.717, 1.165) is 29.1 Å². The second kappa shape index (κ2) is 5.53. The molecule has 1 heterocycles. The van der Waals surface area contributed by atoms with Crippen LogP contribution in [-0.4, -0.2) is 9.78 Å². The van der Waals surface area contributed by atoms with E-state index in [1.165, 1.54) is 0 Å². The summed E-state index contributed by atoms with van der Waals surface area (Å²) in [5, 5.41) is 5.10. The van der Waals surface area contributed by atoms with Crippen molar-refractivity contribution in [2.75, 3.05) is 5.73 Å². The van der Waals surface area contributed by atoms with Crippen molar-refractivity contribution >= 4 is 17.3 Å². The minimum atomic E-state index is 0.574. The highest BCUT2D eigenvalue weighted by molar-refractivity contribution is 6.31. The fraction of sp³-hybridized carbons (Fsp3) is 0.357. The molecule has 19 heavy (non-hydrogen) atoms. The van der Waals surface area contributed by atoms with Crippen LogP contribution in [0.5, 0.6) is 11.6 Å². The number of halogens is 1. The molecule has 0 fully saturated rings. The molecule has 4 nitrogen and oxygen atoms in total. The molecule has 0 saturated heterocycles. The third kappa shape index (κ3) is 2.84. The maximum Gasteiger partial charge on any atom is 0.241 e. The Kier molecular flexibility index (Phi) is 4.00. The van der Waals surface area contributed by atoms with Crippen LogP contribution in [0.1, 0.15) is 24.6 Å². The van der Waals surface area contributed by atoms with Gasteiger partial charge < -0.3 is 10.5 Å². The average molecular weight is 280 g/mol. The van der Waals surface area contributed by atoms with Crippen LogP contribution in [-0.2, 0) is 13.5 Å². The van der Waals surface area contributed by atoms with Crippen molar-refractivity contribution in [3.05, 3.63) is 34.5 Å². The predicted octanol–water partition coefficient (Wildman–Crippen LogP) is 3.71. The van der Waals surface area contributed by atoms with Crippen molar-refractivity contribution in [2.45, 2.75) is 26.7 Å². The van der Waals surface area contributed by atoms with Crippen LogP contribution >= 0.6 is 11.6 Å². The molecule has 2 N–H and O–H groups in total. The number of aromatic nitrogens is 2. The molecule has 0 atom stereocenters. The molecule has 0 amide bonds. The van der Waals surface area contributed by atoms with Crippen molar-refractivity contribution in [3.8, 4) is 11.6 Å². The first kappa shape index (κ1) is 13.7. The second-order valence-electron chi connectivity index (χ2n) is 4.55. The van der Waals surface area contributed by atoms with Gasteiger partial charge in [0, 0.05) is 12.1 Å². The van der Waals surface area contributed by atoms with E-state index in [4.69, 9.17) is 22.1 Å². The molecule has 0 radical (unpaired) electrons. The van der Waals surface area contributed by atoms with Gasteiger partial charge in [0.25, 0.3) is 0 Å². The van der Waals surface area contributed by atoms with Crippen LogP contribution in [0.4, 0.5) is 5.69 Å². The van der Waals surface area contributed by atoms with Gasteiger partial charge in [-0.15, -0.1) is 0 Å². The van der Waals surface area contributed by atoms with Gasteiger partial charge in [-0.05, 0) is 37.1 Å². The number of benzene rings is 1. The molecule has 1 aromatic heterocycles. The summed E-state index contributed by atoms with van der Waals surface area (Å²) in [6.07, 6.45) is 1.85. The summed E-state index contributed by atoms with van der Waals surface area (Å²) >= 11 is 5.99. The molecule has 0 bridgehead atoms. The van der Waals surface area contributed by atoms with E-state index in [0.29, 0.717) is 17.3 Å². The number of anilines is 1. The first-order chi connectivity index (χ1) is 9.02. The zero-order valence-corrected chi connectivity index (χ0v) is 12.2. The van der Waals surface area contributed by atoms with Gasteiger partial charge in [0.15, 0.2) is 0 Å². The minimum absolute atomic E-state index is 0.574. The van der Waals surface area contributed by atoms with E-state index >= 15 is 0 Å². The number of nitrogens with two attached hydrogens (primary N) is 1. The molecule has 102 valence electrons. The molecule has 0 unspecified atom stereocenters. The standard InChI is InChI=1S/C14H18ClN3O/c1-4-5-12-13(16)14(18(3)17-12)19-10-6-7-11(15)9(2)8-10/h6-8H,4-5,16H2,1-3H3. The van der Waals surface area contributed by atoms with Crippen molar-refractivity contribution in [2.24, 2.45) is 7.05 Å².